The lowest BCUT2D eigenvalue weighted by atomic mass is 9.45. The summed E-state index contributed by atoms with van der Waals surface area (Å²) in [4.78, 5) is 21.6. The van der Waals surface area contributed by atoms with Gasteiger partial charge in [-0.3, -0.25) is 4.79 Å². The highest BCUT2D eigenvalue weighted by Gasteiger charge is 2.60. The number of hydrogen-bond acceptors (Lipinski definition) is 10. The number of ether oxygens (including phenoxy) is 1. The Bertz CT molecular complexity index is 2190. The summed E-state index contributed by atoms with van der Waals surface area (Å²) in [6.45, 7) is 11.0. The van der Waals surface area contributed by atoms with Crippen molar-refractivity contribution in [2.24, 2.45) is 34.5 Å². The van der Waals surface area contributed by atoms with Crippen LogP contribution in [0.4, 0.5) is 5.82 Å². The maximum Gasteiger partial charge on any atom is 0.189 e. The van der Waals surface area contributed by atoms with Crippen LogP contribution >= 0.6 is 0 Å². The molecule has 4 aliphatic carbocycles. The molecule has 310 valence electrons. The Hall–Kier alpha value is -3.93. The Morgan fingerprint density at radius 2 is 1.64 bits per heavy atom. The first-order valence-corrected chi connectivity index (χ1v) is 23.3. The first kappa shape index (κ1) is 40.8. The molecule has 0 amide bonds. The number of nitrogens with one attached hydrogen (secondary N) is 1. The van der Waals surface area contributed by atoms with Crippen LogP contribution in [0.2, 0.25) is 0 Å². The third-order valence-corrected chi connectivity index (χ3v) is 17.1. The van der Waals surface area contributed by atoms with Gasteiger partial charge < -0.3 is 20.3 Å². The summed E-state index contributed by atoms with van der Waals surface area (Å²) in [6, 6.07) is 16.7. The fourth-order valence-electron chi connectivity index (χ4n) is 11.4. The topological polar surface area (TPSA) is 150 Å². The van der Waals surface area contributed by atoms with Gasteiger partial charge >= 0.3 is 0 Å². The molecule has 7 atom stereocenters. The Balaban J connectivity index is 0.764. The van der Waals surface area contributed by atoms with Gasteiger partial charge in [0.15, 0.2) is 27.1 Å². The van der Waals surface area contributed by atoms with Crippen LogP contribution in [0.1, 0.15) is 110 Å². The second-order valence-corrected chi connectivity index (χ2v) is 21.0. The lowest BCUT2D eigenvalue weighted by Crippen LogP contribution is -2.54. The van der Waals surface area contributed by atoms with E-state index in [0.717, 1.165) is 81.5 Å². The first-order valence-electron chi connectivity index (χ1n) is 21.7. The number of anilines is 1. The largest absolute Gasteiger partial charge is 0.382 e. The third kappa shape index (κ3) is 7.91. The maximum absolute atomic E-state index is 12.6. The van der Waals surface area contributed by atoms with Gasteiger partial charge in [0.1, 0.15) is 11.5 Å². The molecule has 10 nitrogen and oxygen atoms in total. The summed E-state index contributed by atoms with van der Waals surface area (Å²) in [7, 11) is -3.37. The van der Waals surface area contributed by atoms with E-state index in [-0.39, 0.29) is 10.7 Å². The number of rotatable bonds is 14. The predicted molar refractivity (Wildman–Crippen MR) is 227 cm³/mol. The minimum atomic E-state index is -3.37. The number of hydrogen-bond donors (Lipinski definition) is 2. The number of aromatic nitrogens is 3. The van der Waals surface area contributed by atoms with Gasteiger partial charge in [-0.1, -0.05) is 55.4 Å². The number of sulfone groups is 1. The van der Waals surface area contributed by atoms with Crippen LogP contribution in [0.15, 0.2) is 70.2 Å². The zero-order valence-electron chi connectivity index (χ0n) is 34.7. The monoisotopic (exact) mass is 807 g/mol. The van der Waals surface area contributed by atoms with Gasteiger partial charge in [0.05, 0.1) is 28.1 Å². The molecule has 3 N–H and O–H groups in total. The molecule has 2 aromatic heterocycles. The second-order valence-electron chi connectivity index (χ2n) is 18.5. The maximum atomic E-state index is 12.6. The van der Waals surface area contributed by atoms with Crippen LogP contribution in [-0.2, 0) is 25.9 Å². The normalized spacial score (nSPS) is 28.3. The molecule has 11 heteroatoms. The molecule has 0 radical (unpaired) electrons. The summed E-state index contributed by atoms with van der Waals surface area (Å²) in [5.74, 6) is 4.15. The van der Waals surface area contributed by atoms with Crippen molar-refractivity contribution in [2.45, 2.75) is 128 Å². The number of nitrogen functional groups attached to an aromatic ring is 1. The molecule has 4 saturated carbocycles. The number of benzene rings is 2. The Kier molecular flexibility index (Phi) is 11.7. The molecule has 0 aliphatic heterocycles. The van der Waals surface area contributed by atoms with Crippen molar-refractivity contribution in [2.75, 3.05) is 18.9 Å². The van der Waals surface area contributed by atoms with E-state index in [4.69, 9.17) is 20.0 Å². The van der Waals surface area contributed by atoms with Gasteiger partial charge in [0, 0.05) is 43.2 Å². The Labute approximate surface area is 344 Å². The molecule has 4 aliphatic rings. The quantitative estimate of drug-likeness (QED) is 0.118. The van der Waals surface area contributed by atoms with E-state index in [1.165, 1.54) is 44.1 Å². The van der Waals surface area contributed by atoms with Gasteiger partial charge in [-0.05, 0) is 137 Å². The fraction of sp³-hybridized carbons (Fsp3) is 0.574. The van der Waals surface area contributed by atoms with Crippen molar-refractivity contribution in [1.82, 2.24) is 20.4 Å². The SMILES string of the molecule is CC(C)S(=O)(=O)c1ccc(-c2cnc(N)c(-c3cc(-c4ccc(CNCCCCCO[C@H]5CC[C@H]6[C@@H]7CC[C@H]8CC(=O)CC[C@]8(C)[C@H]7CC[C@]56C)cc4)no3)n2)cc1. The van der Waals surface area contributed by atoms with Crippen molar-refractivity contribution in [1.29, 1.82) is 0 Å². The van der Waals surface area contributed by atoms with Crippen LogP contribution in [0.25, 0.3) is 34.0 Å². The number of carbonyl (C=O) groups is 1. The van der Waals surface area contributed by atoms with Gasteiger partial charge in [0.2, 0.25) is 0 Å². The van der Waals surface area contributed by atoms with E-state index in [2.05, 4.69) is 41.4 Å². The van der Waals surface area contributed by atoms with Crippen LogP contribution in [0, 0.1) is 34.5 Å². The first-order chi connectivity index (χ1) is 27.9. The number of fused-ring (bicyclic) bond motifs is 5. The van der Waals surface area contributed by atoms with Crippen molar-refractivity contribution >= 4 is 21.4 Å². The molecule has 58 heavy (non-hydrogen) atoms. The summed E-state index contributed by atoms with van der Waals surface area (Å²) < 4.78 is 37.5. The van der Waals surface area contributed by atoms with Crippen molar-refractivity contribution in [3.05, 3.63) is 66.4 Å². The summed E-state index contributed by atoms with van der Waals surface area (Å²) in [5.41, 5.74) is 11.3. The second kappa shape index (κ2) is 16.6. The molecule has 0 bridgehead atoms. The Morgan fingerprint density at radius 3 is 2.41 bits per heavy atom. The van der Waals surface area contributed by atoms with Gasteiger partial charge in [-0.15, -0.1) is 0 Å². The molecule has 0 saturated heterocycles. The molecule has 4 fully saturated rings. The number of Topliss-reactive ketones (excluding diaryl/α,β-unsaturated/α-hetero) is 1. The highest BCUT2D eigenvalue weighted by Crippen LogP contribution is 2.66. The van der Waals surface area contributed by atoms with Crippen molar-refractivity contribution < 1.29 is 22.5 Å². The number of nitrogens with two attached hydrogens (primary N) is 1. The smallest absolute Gasteiger partial charge is 0.189 e. The van der Waals surface area contributed by atoms with Crippen molar-refractivity contribution in [3.63, 3.8) is 0 Å². The lowest BCUT2D eigenvalue weighted by molar-refractivity contribution is -0.145. The summed E-state index contributed by atoms with van der Waals surface area (Å²) in [5, 5.41) is 7.38. The molecule has 2 aromatic carbocycles. The lowest BCUT2D eigenvalue weighted by Gasteiger charge is -2.60. The zero-order chi connectivity index (χ0) is 40.7. The highest BCUT2D eigenvalue weighted by molar-refractivity contribution is 7.92. The van der Waals surface area contributed by atoms with Crippen LogP contribution in [0.3, 0.4) is 0 Å². The van der Waals surface area contributed by atoms with E-state index in [1.807, 2.05) is 18.2 Å². The molecule has 8 rings (SSSR count). The van der Waals surface area contributed by atoms with Crippen LogP contribution in [0.5, 0.6) is 0 Å². The van der Waals surface area contributed by atoms with Gasteiger partial charge in [-0.25, -0.2) is 18.4 Å². The number of ketones is 1. The Morgan fingerprint density at radius 1 is 0.897 bits per heavy atom. The third-order valence-electron chi connectivity index (χ3n) is 14.9. The van der Waals surface area contributed by atoms with E-state index < -0.39 is 15.1 Å². The van der Waals surface area contributed by atoms with E-state index in [0.29, 0.717) is 57.0 Å². The predicted octanol–water partition coefficient (Wildman–Crippen LogP) is 9.49. The number of nitrogens with zero attached hydrogens (tertiary/aromatic N) is 3. The summed E-state index contributed by atoms with van der Waals surface area (Å²) >= 11 is 0. The van der Waals surface area contributed by atoms with Crippen LogP contribution in [-0.4, -0.2) is 53.8 Å². The standard InChI is InChI=1S/C47H61N5O5S/c1-30(2)58(54,55)36-15-12-33(13-16-36)41-29-50-45(48)44(51-41)42-27-40(52-57-42)32-10-8-31(9-11-32)28-49-24-6-5-7-25-56-43-19-18-38-37-17-14-34-26-35(53)20-22-46(34,3)39(37)21-23-47(38,43)4/h8-13,15-16,27,29-30,34,37-39,43,49H,5-7,14,17-26,28H2,1-4H3,(H2,48,50)/t34-,37-,38-,39-,43-,46-,47-/m0/s1. The zero-order valence-corrected chi connectivity index (χ0v) is 35.5. The summed E-state index contributed by atoms with van der Waals surface area (Å²) in [6.07, 6.45) is 15.8. The highest BCUT2D eigenvalue weighted by atomic mass is 32.2. The molecule has 4 aromatic rings. The minimum absolute atomic E-state index is 0.213. The van der Waals surface area contributed by atoms with E-state index in [1.54, 1.807) is 44.3 Å². The molecule has 0 spiro atoms. The average Bonchev–Trinajstić information content (AvgIpc) is 3.84. The molecular formula is C47H61N5O5S. The van der Waals surface area contributed by atoms with E-state index in [9.17, 15) is 13.2 Å². The van der Waals surface area contributed by atoms with E-state index >= 15 is 0 Å². The molecule has 0 unspecified atom stereocenters. The number of unbranched alkanes of at least 4 members (excludes halogenated alkanes) is 2. The van der Waals surface area contributed by atoms with Gasteiger partial charge in [-0.2, -0.15) is 0 Å². The van der Waals surface area contributed by atoms with Gasteiger partial charge in [0.25, 0.3) is 0 Å². The fourth-order valence-corrected chi connectivity index (χ4v) is 12.4. The minimum Gasteiger partial charge on any atom is -0.382 e. The average molecular weight is 808 g/mol. The molecule has 2 heterocycles. The van der Waals surface area contributed by atoms with Crippen molar-refractivity contribution in [3.8, 4) is 34.0 Å². The van der Waals surface area contributed by atoms with Crippen LogP contribution < -0.4 is 11.1 Å². The number of carbonyl (C=O) groups excluding carboxylic acids is 1. The molecular weight excluding hydrogens is 747 g/mol.